The summed E-state index contributed by atoms with van der Waals surface area (Å²) >= 11 is 0. The molecule has 3 aliphatic rings. The number of rotatable bonds is 6. The number of amides is 1. The van der Waals surface area contributed by atoms with Gasteiger partial charge >= 0.3 is 12.1 Å². The highest BCUT2D eigenvalue weighted by molar-refractivity contribution is 5.81. The molecule has 0 aromatic heterocycles. The lowest BCUT2D eigenvalue weighted by Crippen LogP contribution is -2.48. The van der Waals surface area contributed by atoms with Gasteiger partial charge in [-0.1, -0.05) is 30.3 Å². The minimum atomic E-state index is -0.958. The molecule has 0 bridgehead atoms. The van der Waals surface area contributed by atoms with Crippen LogP contribution in [0.2, 0.25) is 0 Å². The Hall–Kier alpha value is -2.24. The van der Waals surface area contributed by atoms with Gasteiger partial charge in [-0.25, -0.2) is 9.59 Å². The fraction of sp³-hybridized carbons (Fsp3) is 0.652. The predicted octanol–water partition coefficient (Wildman–Crippen LogP) is 2.24. The zero-order valence-electron chi connectivity index (χ0n) is 19.4. The number of hydrogen-bond donors (Lipinski definition) is 1. The smallest absolute Gasteiger partial charge is 0.408 e. The standard InChI is InChI=1S/C23H31NO9/c1-13(24-21(26)27-11-14-9-7-6-8-10-14)19(25)29-17-16(15-12-28-22(2,3)31-15)30-20-18(17)32-23(4,5)33-20/h6-10,13,15-18,20H,11-12H2,1-5H3,(H,24,26)/t13-,15+,16+,17-,18+,20+/m0/s1. The molecule has 1 aromatic carbocycles. The highest BCUT2D eigenvalue weighted by Gasteiger charge is 2.60. The van der Waals surface area contributed by atoms with Crippen molar-refractivity contribution in [3.05, 3.63) is 35.9 Å². The highest BCUT2D eigenvalue weighted by atomic mass is 16.8. The molecule has 0 saturated carbocycles. The fourth-order valence-corrected chi connectivity index (χ4v) is 4.05. The number of nitrogens with one attached hydrogen (secondary N) is 1. The Balaban J connectivity index is 1.36. The minimum Gasteiger partial charge on any atom is -0.455 e. The van der Waals surface area contributed by atoms with Crippen LogP contribution in [0.3, 0.4) is 0 Å². The van der Waals surface area contributed by atoms with Crippen molar-refractivity contribution in [2.24, 2.45) is 0 Å². The van der Waals surface area contributed by atoms with Crippen LogP contribution in [0.15, 0.2) is 30.3 Å². The lowest BCUT2D eigenvalue weighted by Gasteiger charge is -2.29. The third-order valence-corrected chi connectivity index (χ3v) is 5.58. The first-order valence-electron chi connectivity index (χ1n) is 11.0. The van der Waals surface area contributed by atoms with E-state index in [1.165, 1.54) is 6.92 Å². The highest BCUT2D eigenvalue weighted by Crippen LogP contribution is 2.42. The second kappa shape index (κ2) is 9.19. The Bertz CT molecular complexity index is 859. The summed E-state index contributed by atoms with van der Waals surface area (Å²) in [4.78, 5) is 25.0. The SMILES string of the molecule is C[C@H](NC(=O)OCc1ccccc1)C(=O)O[C@@H]1[C@H]2OC(C)(C)O[C@H]2O[C@@H]1[C@H]1COC(C)(C)O1. The summed E-state index contributed by atoms with van der Waals surface area (Å²) in [6, 6.07) is 8.28. The largest absolute Gasteiger partial charge is 0.455 e. The van der Waals surface area contributed by atoms with Crippen LogP contribution in [0.25, 0.3) is 0 Å². The zero-order valence-corrected chi connectivity index (χ0v) is 19.4. The fourth-order valence-electron chi connectivity index (χ4n) is 4.05. The molecule has 182 valence electrons. The van der Waals surface area contributed by atoms with Crippen LogP contribution < -0.4 is 5.32 Å². The van der Waals surface area contributed by atoms with Gasteiger partial charge in [0.2, 0.25) is 0 Å². The molecular formula is C23H31NO9. The van der Waals surface area contributed by atoms with Crippen LogP contribution >= 0.6 is 0 Å². The van der Waals surface area contributed by atoms with E-state index in [1.54, 1.807) is 27.7 Å². The summed E-state index contributed by atoms with van der Waals surface area (Å²) in [7, 11) is 0. The maximum Gasteiger partial charge on any atom is 0.408 e. The van der Waals surface area contributed by atoms with E-state index in [0.29, 0.717) is 0 Å². The van der Waals surface area contributed by atoms with Gasteiger partial charge in [0.05, 0.1) is 6.61 Å². The Morgan fingerprint density at radius 3 is 2.45 bits per heavy atom. The Kier molecular flexibility index (Phi) is 6.66. The number of carbonyl (C=O) groups excluding carboxylic acids is 2. The zero-order chi connectivity index (χ0) is 23.8. The summed E-state index contributed by atoms with van der Waals surface area (Å²) in [6.45, 7) is 8.99. The second-order valence-electron chi connectivity index (χ2n) is 9.27. The first-order chi connectivity index (χ1) is 15.5. The third-order valence-electron chi connectivity index (χ3n) is 5.58. The first kappa shape index (κ1) is 23.9. The van der Waals surface area contributed by atoms with Crippen LogP contribution in [0.5, 0.6) is 0 Å². The molecule has 10 heteroatoms. The molecule has 10 nitrogen and oxygen atoms in total. The minimum absolute atomic E-state index is 0.0891. The van der Waals surface area contributed by atoms with Crippen molar-refractivity contribution in [1.29, 1.82) is 0 Å². The maximum atomic E-state index is 12.8. The van der Waals surface area contributed by atoms with Gasteiger partial charge in [0.15, 0.2) is 30.1 Å². The summed E-state index contributed by atoms with van der Waals surface area (Å²) in [6.07, 6.45) is -4.02. The lowest BCUT2D eigenvalue weighted by molar-refractivity contribution is -0.235. The molecule has 3 saturated heterocycles. The molecule has 3 heterocycles. The maximum absolute atomic E-state index is 12.8. The number of esters is 1. The lowest BCUT2D eigenvalue weighted by atomic mass is 10.1. The van der Waals surface area contributed by atoms with Gasteiger partial charge in [-0.3, -0.25) is 0 Å². The number of hydrogen-bond acceptors (Lipinski definition) is 9. The van der Waals surface area contributed by atoms with Crippen LogP contribution in [0.4, 0.5) is 4.79 Å². The Morgan fingerprint density at radius 2 is 1.79 bits per heavy atom. The topological polar surface area (TPSA) is 111 Å². The van der Waals surface area contributed by atoms with Gasteiger partial charge in [0.25, 0.3) is 0 Å². The molecule has 0 radical (unpaired) electrons. The van der Waals surface area contributed by atoms with Crippen molar-refractivity contribution in [2.75, 3.05) is 6.61 Å². The number of carbonyl (C=O) groups is 2. The van der Waals surface area contributed by atoms with Crippen molar-refractivity contribution < 1.29 is 42.7 Å². The summed E-state index contributed by atoms with van der Waals surface area (Å²) in [5.41, 5.74) is 0.836. The average Bonchev–Trinajstić information content (AvgIpc) is 3.36. The molecule has 3 fully saturated rings. The Labute approximate surface area is 192 Å². The second-order valence-corrected chi connectivity index (χ2v) is 9.27. The number of ether oxygens (including phenoxy) is 7. The van der Waals surface area contributed by atoms with E-state index in [2.05, 4.69) is 5.32 Å². The summed E-state index contributed by atoms with van der Waals surface area (Å²) in [5.74, 6) is -2.32. The van der Waals surface area contributed by atoms with Crippen molar-refractivity contribution in [3.63, 3.8) is 0 Å². The molecule has 1 amide bonds. The van der Waals surface area contributed by atoms with E-state index in [9.17, 15) is 9.59 Å². The van der Waals surface area contributed by atoms with E-state index in [4.69, 9.17) is 33.2 Å². The van der Waals surface area contributed by atoms with Crippen LogP contribution in [-0.4, -0.2) is 67.0 Å². The number of alkyl carbamates (subject to hydrolysis) is 1. The average molecular weight is 465 g/mol. The molecule has 0 spiro atoms. The van der Waals surface area contributed by atoms with Gasteiger partial charge in [0.1, 0.15) is 24.9 Å². The van der Waals surface area contributed by atoms with Crippen molar-refractivity contribution in [1.82, 2.24) is 5.32 Å². The number of benzene rings is 1. The Morgan fingerprint density at radius 1 is 1.06 bits per heavy atom. The van der Waals surface area contributed by atoms with Gasteiger partial charge in [-0.05, 0) is 40.2 Å². The van der Waals surface area contributed by atoms with E-state index < -0.39 is 60.4 Å². The van der Waals surface area contributed by atoms with Crippen LogP contribution in [0, 0.1) is 0 Å². The molecule has 1 N–H and O–H groups in total. The predicted molar refractivity (Wildman–Crippen MR) is 113 cm³/mol. The molecular weight excluding hydrogens is 434 g/mol. The first-order valence-corrected chi connectivity index (χ1v) is 11.0. The molecule has 0 aliphatic carbocycles. The van der Waals surface area contributed by atoms with E-state index in [0.717, 1.165) is 5.56 Å². The van der Waals surface area contributed by atoms with E-state index in [1.807, 2.05) is 30.3 Å². The molecule has 3 aliphatic heterocycles. The van der Waals surface area contributed by atoms with Crippen molar-refractivity contribution in [2.45, 2.75) is 89.5 Å². The van der Waals surface area contributed by atoms with Gasteiger partial charge < -0.3 is 38.5 Å². The quantitative estimate of drug-likeness (QED) is 0.632. The van der Waals surface area contributed by atoms with Crippen LogP contribution in [0.1, 0.15) is 40.2 Å². The van der Waals surface area contributed by atoms with Gasteiger partial charge in [0, 0.05) is 0 Å². The van der Waals surface area contributed by atoms with E-state index >= 15 is 0 Å². The summed E-state index contributed by atoms with van der Waals surface area (Å²) in [5, 5.41) is 2.49. The van der Waals surface area contributed by atoms with Crippen LogP contribution in [-0.2, 0) is 44.6 Å². The number of fused-ring (bicyclic) bond motifs is 1. The van der Waals surface area contributed by atoms with Gasteiger partial charge in [-0.15, -0.1) is 0 Å². The van der Waals surface area contributed by atoms with E-state index in [-0.39, 0.29) is 13.2 Å². The van der Waals surface area contributed by atoms with Crippen molar-refractivity contribution >= 4 is 12.1 Å². The molecule has 33 heavy (non-hydrogen) atoms. The molecule has 6 atom stereocenters. The molecule has 1 aromatic rings. The monoisotopic (exact) mass is 465 g/mol. The molecule has 4 rings (SSSR count). The third kappa shape index (κ3) is 5.64. The normalized spacial score (nSPS) is 32.7. The molecule has 0 unspecified atom stereocenters. The summed E-state index contributed by atoms with van der Waals surface area (Å²) < 4.78 is 40.3. The van der Waals surface area contributed by atoms with Crippen molar-refractivity contribution in [3.8, 4) is 0 Å². The van der Waals surface area contributed by atoms with Gasteiger partial charge in [-0.2, -0.15) is 0 Å².